The zero-order valence-corrected chi connectivity index (χ0v) is 17.4. The van der Waals surface area contributed by atoms with E-state index in [1.165, 1.54) is 24.0 Å². The molecular weight excluding hydrogens is 364 g/mol. The van der Waals surface area contributed by atoms with Crippen LogP contribution in [0.2, 0.25) is 0 Å². The number of fused-ring (bicyclic) bond motifs is 1. The molecule has 0 radical (unpaired) electrons. The average molecular weight is 397 g/mol. The van der Waals surface area contributed by atoms with Crippen molar-refractivity contribution in [3.63, 3.8) is 0 Å². The Labute approximate surface area is 173 Å². The summed E-state index contributed by atoms with van der Waals surface area (Å²) in [7, 11) is 1.73. The maximum Gasteiger partial charge on any atom is 0.251 e. The Hall–Kier alpha value is -2.18. The highest BCUT2D eigenvalue weighted by Crippen LogP contribution is 2.23. The number of methoxy groups -OCH3 is 1. The number of amides is 1. The number of piperidine rings is 1. The van der Waals surface area contributed by atoms with E-state index >= 15 is 0 Å². The minimum Gasteiger partial charge on any atom is -0.383 e. The molecule has 0 bridgehead atoms. The molecule has 1 saturated heterocycles. The number of rotatable bonds is 8. The van der Waals surface area contributed by atoms with Crippen molar-refractivity contribution in [1.29, 1.82) is 0 Å². The fourth-order valence-electron chi connectivity index (χ4n) is 4.60. The number of ether oxygens (including phenoxy) is 1. The molecule has 1 unspecified atom stereocenters. The van der Waals surface area contributed by atoms with Gasteiger partial charge in [0.25, 0.3) is 5.91 Å². The monoisotopic (exact) mass is 396 g/mol. The van der Waals surface area contributed by atoms with Gasteiger partial charge in [-0.15, -0.1) is 0 Å². The van der Waals surface area contributed by atoms with Crippen LogP contribution < -0.4 is 5.32 Å². The Morgan fingerprint density at radius 2 is 2.17 bits per heavy atom. The number of benzene rings is 1. The van der Waals surface area contributed by atoms with Crippen molar-refractivity contribution in [2.45, 2.75) is 45.2 Å². The summed E-state index contributed by atoms with van der Waals surface area (Å²) in [6, 6.07) is 6.20. The number of carbonyl (C=O) groups is 1. The maximum absolute atomic E-state index is 12.6. The summed E-state index contributed by atoms with van der Waals surface area (Å²) in [5.74, 6) is 1.64. The van der Waals surface area contributed by atoms with Crippen LogP contribution in [0, 0.1) is 5.92 Å². The normalized spacial score (nSPS) is 19.3. The molecule has 4 rings (SSSR count). The third-order valence-corrected chi connectivity index (χ3v) is 6.22. The third kappa shape index (κ3) is 5.06. The van der Waals surface area contributed by atoms with E-state index in [4.69, 9.17) is 4.74 Å². The van der Waals surface area contributed by atoms with E-state index in [1.807, 2.05) is 18.5 Å². The number of nitrogens with zero attached hydrogens (tertiary/aromatic N) is 3. The van der Waals surface area contributed by atoms with E-state index in [9.17, 15) is 4.79 Å². The topological polar surface area (TPSA) is 59.4 Å². The van der Waals surface area contributed by atoms with Gasteiger partial charge >= 0.3 is 0 Å². The van der Waals surface area contributed by atoms with Crippen molar-refractivity contribution >= 4 is 5.91 Å². The third-order valence-electron chi connectivity index (χ3n) is 6.22. The summed E-state index contributed by atoms with van der Waals surface area (Å²) in [5, 5.41) is 3.18. The summed E-state index contributed by atoms with van der Waals surface area (Å²) >= 11 is 0. The number of likely N-dealkylation sites (tertiary alicyclic amines) is 1. The van der Waals surface area contributed by atoms with Crippen LogP contribution in [-0.4, -0.2) is 53.7 Å². The van der Waals surface area contributed by atoms with E-state index in [1.54, 1.807) is 7.11 Å². The highest BCUT2D eigenvalue weighted by Gasteiger charge is 2.22. The number of aromatic nitrogens is 2. The number of hydrogen-bond acceptors (Lipinski definition) is 4. The van der Waals surface area contributed by atoms with Crippen molar-refractivity contribution in [2.24, 2.45) is 5.92 Å². The first-order chi connectivity index (χ1) is 14.2. The van der Waals surface area contributed by atoms with Gasteiger partial charge in [-0.25, -0.2) is 4.98 Å². The number of carbonyl (C=O) groups excluding carboxylic acids is 1. The fourth-order valence-corrected chi connectivity index (χ4v) is 4.60. The van der Waals surface area contributed by atoms with E-state index in [2.05, 4.69) is 31.9 Å². The highest BCUT2D eigenvalue weighted by molar-refractivity contribution is 5.94. The van der Waals surface area contributed by atoms with Gasteiger partial charge in [0.15, 0.2) is 0 Å². The predicted octanol–water partition coefficient (Wildman–Crippen LogP) is 2.66. The molecule has 0 saturated carbocycles. The molecule has 2 aliphatic rings. The van der Waals surface area contributed by atoms with Crippen LogP contribution in [-0.2, 0) is 30.7 Å². The molecule has 1 amide bonds. The lowest BCUT2D eigenvalue weighted by Crippen LogP contribution is -2.41. The van der Waals surface area contributed by atoms with Crippen molar-refractivity contribution in [3.05, 3.63) is 53.1 Å². The summed E-state index contributed by atoms with van der Waals surface area (Å²) in [4.78, 5) is 19.6. The zero-order chi connectivity index (χ0) is 20.1. The molecule has 0 spiro atoms. The van der Waals surface area contributed by atoms with Crippen LogP contribution in [0.4, 0.5) is 0 Å². The molecule has 2 heterocycles. The van der Waals surface area contributed by atoms with Gasteiger partial charge in [-0.1, -0.05) is 6.07 Å². The Balaban J connectivity index is 1.28. The van der Waals surface area contributed by atoms with Crippen LogP contribution in [0.1, 0.15) is 46.6 Å². The molecule has 1 aliphatic heterocycles. The largest absolute Gasteiger partial charge is 0.383 e. The van der Waals surface area contributed by atoms with Crippen molar-refractivity contribution in [3.8, 4) is 0 Å². The first kappa shape index (κ1) is 20.1. The lowest BCUT2D eigenvalue weighted by atomic mass is 9.97. The first-order valence-corrected chi connectivity index (χ1v) is 10.8. The van der Waals surface area contributed by atoms with E-state index in [0.29, 0.717) is 12.5 Å². The Kier molecular flexibility index (Phi) is 6.62. The van der Waals surface area contributed by atoms with Gasteiger partial charge < -0.3 is 14.6 Å². The molecule has 156 valence electrons. The van der Waals surface area contributed by atoms with Crippen LogP contribution >= 0.6 is 0 Å². The van der Waals surface area contributed by atoms with Gasteiger partial charge in [0.2, 0.25) is 0 Å². The number of aryl methyl sites for hydroxylation is 2. The average Bonchev–Trinajstić information content (AvgIpc) is 3.39. The van der Waals surface area contributed by atoms with Crippen LogP contribution in [0.25, 0.3) is 0 Å². The van der Waals surface area contributed by atoms with Crippen molar-refractivity contribution < 1.29 is 9.53 Å². The molecule has 1 fully saturated rings. The molecule has 1 atom stereocenters. The predicted molar refractivity (Wildman–Crippen MR) is 113 cm³/mol. The summed E-state index contributed by atoms with van der Waals surface area (Å²) in [5.41, 5.74) is 3.57. The highest BCUT2D eigenvalue weighted by atomic mass is 16.5. The van der Waals surface area contributed by atoms with Gasteiger partial charge in [-0.2, -0.15) is 0 Å². The minimum absolute atomic E-state index is 0.0620. The van der Waals surface area contributed by atoms with Gasteiger partial charge in [0, 0.05) is 44.7 Å². The molecule has 6 nitrogen and oxygen atoms in total. The second-order valence-corrected chi connectivity index (χ2v) is 8.32. The Bertz CT molecular complexity index is 832. The maximum atomic E-state index is 12.6. The lowest BCUT2D eigenvalue weighted by Gasteiger charge is -2.32. The second-order valence-electron chi connectivity index (χ2n) is 8.32. The van der Waals surface area contributed by atoms with Crippen molar-refractivity contribution in [2.75, 3.05) is 33.4 Å². The summed E-state index contributed by atoms with van der Waals surface area (Å²) < 4.78 is 7.36. The fraction of sp³-hybridized carbons (Fsp3) is 0.565. The molecule has 1 aromatic heterocycles. The van der Waals surface area contributed by atoms with E-state index in [0.717, 1.165) is 63.4 Å². The Morgan fingerprint density at radius 3 is 3.07 bits per heavy atom. The van der Waals surface area contributed by atoms with E-state index in [-0.39, 0.29) is 5.91 Å². The number of imidazole rings is 1. The van der Waals surface area contributed by atoms with Gasteiger partial charge in [-0.05, 0) is 67.8 Å². The smallest absolute Gasteiger partial charge is 0.251 e. The van der Waals surface area contributed by atoms with E-state index < -0.39 is 0 Å². The second kappa shape index (κ2) is 9.55. The summed E-state index contributed by atoms with van der Waals surface area (Å²) in [6.45, 7) is 5.21. The van der Waals surface area contributed by atoms with Crippen molar-refractivity contribution in [1.82, 2.24) is 19.8 Å². The van der Waals surface area contributed by atoms with Gasteiger partial charge in [0.1, 0.15) is 5.82 Å². The quantitative estimate of drug-likeness (QED) is 0.745. The lowest BCUT2D eigenvalue weighted by molar-refractivity contribution is 0.0929. The van der Waals surface area contributed by atoms with Gasteiger partial charge in [0.05, 0.1) is 13.2 Å². The summed E-state index contributed by atoms with van der Waals surface area (Å²) in [6.07, 6.45) is 9.68. The SMILES string of the molecule is COCCn1ccnc1CN1CCCC(CNC(=O)c2ccc3c(c2)CCC3)C1. The van der Waals surface area contributed by atoms with Crippen LogP contribution in [0.15, 0.2) is 30.6 Å². The molecule has 1 aliphatic carbocycles. The number of hydrogen-bond donors (Lipinski definition) is 1. The number of nitrogens with one attached hydrogen (secondary N) is 1. The molecule has 29 heavy (non-hydrogen) atoms. The molecule has 1 N–H and O–H groups in total. The molecular formula is C23H32N4O2. The molecule has 6 heteroatoms. The Morgan fingerprint density at radius 1 is 1.28 bits per heavy atom. The standard InChI is InChI=1S/C23H32N4O2/c1-29-13-12-27-11-9-24-22(27)17-26-10-3-4-18(16-26)15-25-23(28)21-8-7-19-5-2-6-20(19)14-21/h7-9,11,14,18H,2-6,10,12-13,15-17H2,1H3,(H,25,28). The molecule has 2 aromatic rings. The van der Waals surface area contributed by atoms with Crippen LogP contribution in [0.5, 0.6) is 0 Å². The zero-order valence-electron chi connectivity index (χ0n) is 17.4. The van der Waals surface area contributed by atoms with Crippen LogP contribution in [0.3, 0.4) is 0 Å². The molecule has 1 aromatic carbocycles. The minimum atomic E-state index is 0.0620. The van der Waals surface area contributed by atoms with Gasteiger partial charge in [-0.3, -0.25) is 9.69 Å². The first-order valence-electron chi connectivity index (χ1n) is 10.8.